The van der Waals surface area contributed by atoms with E-state index in [1.54, 1.807) is 6.20 Å². The zero-order chi connectivity index (χ0) is 37.9. The van der Waals surface area contributed by atoms with Crippen molar-refractivity contribution >= 4 is 32.8 Å². The van der Waals surface area contributed by atoms with Gasteiger partial charge in [-0.05, 0) is 75.7 Å². The second-order valence-electron chi connectivity index (χ2n) is 15.1. The normalized spacial score (nSPS) is 14.0. The summed E-state index contributed by atoms with van der Waals surface area (Å²) in [6, 6.07) is 52.8. The molecule has 6 aromatic carbocycles. The molecular weight excluding hydrogens is 884 g/mol. The van der Waals surface area contributed by atoms with Gasteiger partial charge >= 0.3 is 0 Å². The number of nitrogens with zero attached hydrogens (tertiary/aromatic N) is 6. The van der Waals surface area contributed by atoms with E-state index >= 15 is 0 Å². The molecule has 0 radical (unpaired) electrons. The van der Waals surface area contributed by atoms with Crippen LogP contribution in [0.25, 0.3) is 44.3 Å². The molecule has 0 N–H and O–H groups in total. The molecule has 0 saturated carbocycles. The molecular formula is C49H30N6OPt-2. The van der Waals surface area contributed by atoms with Crippen LogP contribution in [0.3, 0.4) is 0 Å². The largest absolute Gasteiger partial charge is 0.510 e. The van der Waals surface area contributed by atoms with E-state index < -0.39 is 10.8 Å². The summed E-state index contributed by atoms with van der Waals surface area (Å²) in [6.45, 7) is 4.44. The topological polar surface area (TPSA) is 83.4 Å². The first-order chi connectivity index (χ1) is 27.3. The van der Waals surface area contributed by atoms with Crippen molar-refractivity contribution in [2.45, 2.75) is 24.7 Å². The molecule has 1 aliphatic carbocycles. The standard InChI is InChI=1S/C49H30N6O.Pt/c1-48(2)36-19-14-30(27-50)23-40(36)49(41-24-31(28-51)15-20-37(41)48)38-21-17-33(26-45(38)54-29-53(3)43-12-8-10-39(49)47(43)54)56-32-16-18-35-34-9-4-5-11-42(34)55(44(35)25-32)46-13-6-7-22-52-46;/h4-24H,1-3H3;/q-2;. The van der Waals surface area contributed by atoms with Crippen LogP contribution in [-0.4, -0.2) is 14.1 Å². The van der Waals surface area contributed by atoms with Gasteiger partial charge < -0.3 is 18.4 Å². The number of imidazole rings is 1. The van der Waals surface area contributed by atoms with Crippen LogP contribution in [-0.2, 0) is 38.9 Å². The van der Waals surface area contributed by atoms with Crippen LogP contribution in [0.2, 0.25) is 0 Å². The fraction of sp³-hybridized carbons (Fsp3) is 0.102. The maximum Gasteiger partial charge on any atom is 0.242 e. The molecule has 57 heavy (non-hydrogen) atoms. The first kappa shape index (κ1) is 34.7. The van der Waals surface area contributed by atoms with E-state index in [2.05, 4.69) is 113 Å². The molecule has 3 aromatic heterocycles. The molecule has 274 valence electrons. The van der Waals surface area contributed by atoms with Crippen molar-refractivity contribution in [3.05, 3.63) is 190 Å². The molecule has 7 nitrogen and oxygen atoms in total. The zero-order valence-electron chi connectivity index (χ0n) is 31.0. The molecule has 0 unspecified atom stereocenters. The van der Waals surface area contributed by atoms with Crippen molar-refractivity contribution in [1.82, 2.24) is 14.1 Å². The predicted octanol–water partition coefficient (Wildman–Crippen LogP) is 9.22. The second kappa shape index (κ2) is 12.4. The summed E-state index contributed by atoms with van der Waals surface area (Å²) in [7, 11) is 2.00. The van der Waals surface area contributed by atoms with Gasteiger partial charge in [0.25, 0.3) is 0 Å². The molecule has 9 aromatic rings. The van der Waals surface area contributed by atoms with E-state index in [1.807, 2.05) is 78.3 Å². The van der Waals surface area contributed by atoms with E-state index in [-0.39, 0.29) is 21.1 Å². The Morgan fingerprint density at radius 2 is 1.37 bits per heavy atom. The maximum atomic E-state index is 10.3. The van der Waals surface area contributed by atoms with Crippen LogP contribution in [0.1, 0.15) is 58.4 Å². The van der Waals surface area contributed by atoms with Crippen molar-refractivity contribution in [1.29, 1.82) is 10.5 Å². The van der Waals surface area contributed by atoms with E-state index in [1.165, 1.54) is 0 Å². The van der Waals surface area contributed by atoms with E-state index in [9.17, 15) is 10.5 Å². The van der Waals surface area contributed by atoms with E-state index in [4.69, 9.17) is 4.74 Å². The van der Waals surface area contributed by atoms with Crippen molar-refractivity contribution in [3.8, 4) is 35.1 Å². The number of pyridine rings is 1. The Kier molecular flexibility index (Phi) is 7.52. The molecule has 0 fully saturated rings. The molecule has 1 spiro atoms. The van der Waals surface area contributed by atoms with Gasteiger partial charge in [0, 0.05) is 55.1 Å². The Morgan fingerprint density at radius 3 is 2.09 bits per heavy atom. The minimum Gasteiger partial charge on any atom is -0.510 e. The average Bonchev–Trinajstić information content (AvgIpc) is 3.75. The Morgan fingerprint density at radius 1 is 0.684 bits per heavy atom. The average molecular weight is 914 g/mol. The monoisotopic (exact) mass is 913 g/mol. The fourth-order valence-electron chi connectivity index (χ4n) is 9.49. The molecule has 0 amide bonds. The van der Waals surface area contributed by atoms with Gasteiger partial charge in [-0.2, -0.15) is 22.7 Å². The van der Waals surface area contributed by atoms with Gasteiger partial charge in [-0.15, -0.1) is 35.2 Å². The Hall–Kier alpha value is -6.79. The van der Waals surface area contributed by atoms with Crippen molar-refractivity contribution in [2.75, 3.05) is 0 Å². The number of ether oxygens (including phenoxy) is 1. The molecule has 2 aliphatic rings. The third kappa shape index (κ3) is 4.61. The van der Waals surface area contributed by atoms with Crippen LogP contribution < -0.4 is 9.30 Å². The maximum absolute atomic E-state index is 10.3. The van der Waals surface area contributed by atoms with Crippen LogP contribution in [0.4, 0.5) is 0 Å². The minimum absolute atomic E-state index is 0. The Bertz CT molecular complexity index is 3190. The quantitative estimate of drug-likeness (QED) is 0.131. The molecule has 0 bridgehead atoms. The number of aryl methyl sites for hydroxylation is 1. The second-order valence-corrected chi connectivity index (χ2v) is 15.1. The molecule has 8 heteroatoms. The zero-order valence-corrected chi connectivity index (χ0v) is 33.3. The third-order valence-electron chi connectivity index (χ3n) is 11.9. The number of rotatable bonds is 3. The van der Waals surface area contributed by atoms with Crippen molar-refractivity contribution in [3.63, 3.8) is 0 Å². The molecule has 0 atom stereocenters. The summed E-state index contributed by atoms with van der Waals surface area (Å²) < 4.78 is 12.9. The number of hydrogen-bond acceptors (Lipinski definition) is 4. The summed E-state index contributed by atoms with van der Waals surface area (Å²) >= 11 is 0. The third-order valence-corrected chi connectivity index (χ3v) is 11.9. The van der Waals surface area contributed by atoms with Crippen molar-refractivity contribution in [2.24, 2.45) is 7.05 Å². The SMILES string of the molecule is C[n+]1[c-]n2c3c(cccc31)C1(c3ccc(Oc4[c-]c5c(cc4)c4ccccc4n5-c4ccccn4)[c-]c3-2)c2cc(C#N)ccc2C(C)(C)c2ccc(C#N)cc21.[Pt]. The Balaban J connectivity index is 0.00000396. The van der Waals surface area contributed by atoms with Gasteiger partial charge in [0.05, 0.1) is 41.3 Å². The summed E-state index contributed by atoms with van der Waals surface area (Å²) in [5.74, 6) is 1.85. The number of benzene rings is 6. The van der Waals surface area contributed by atoms with Crippen LogP contribution in [0, 0.1) is 41.1 Å². The molecule has 0 saturated heterocycles. The minimum atomic E-state index is -0.895. The molecule has 11 rings (SSSR count). The molecule has 4 heterocycles. The van der Waals surface area contributed by atoms with E-state index in [0.29, 0.717) is 22.6 Å². The van der Waals surface area contributed by atoms with Gasteiger partial charge in [-0.1, -0.05) is 79.6 Å². The number of hydrogen-bond donors (Lipinski definition) is 0. The van der Waals surface area contributed by atoms with Crippen LogP contribution in [0.15, 0.2) is 128 Å². The first-order valence-electron chi connectivity index (χ1n) is 18.5. The van der Waals surface area contributed by atoms with Crippen LogP contribution >= 0.6 is 0 Å². The number of aromatic nitrogens is 4. The van der Waals surface area contributed by atoms with E-state index in [0.717, 1.165) is 77.7 Å². The van der Waals surface area contributed by atoms with Crippen molar-refractivity contribution < 1.29 is 30.4 Å². The summed E-state index contributed by atoms with van der Waals surface area (Å²) in [5, 5.41) is 22.7. The Labute approximate surface area is 343 Å². The first-order valence-corrected chi connectivity index (χ1v) is 18.5. The van der Waals surface area contributed by atoms with Crippen LogP contribution in [0.5, 0.6) is 11.5 Å². The summed E-state index contributed by atoms with van der Waals surface area (Å²) in [6.07, 6.45) is 5.36. The fourth-order valence-corrected chi connectivity index (χ4v) is 9.49. The summed E-state index contributed by atoms with van der Waals surface area (Å²) in [4.78, 5) is 4.68. The number of fused-ring (bicyclic) bond motifs is 11. The van der Waals surface area contributed by atoms with Gasteiger partial charge in [-0.3, -0.25) is 0 Å². The van der Waals surface area contributed by atoms with Gasteiger partial charge in [-0.25, -0.2) is 4.98 Å². The summed E-state index contributed by atoms with van der Waals surface area (Å²) in [5.41, 5.74) is 10.7. The number of nitriles is 2. The van der Waals surface area contributed by atoms with Gasteiger partial charge in [0.15, 0.2) is 0 Å². The van der Waals surface area contributed by atoms with Gasteiger partial charge in [0.1, 0.15) is 5.82 Å². The number of para-hydroxylation sites is 2. The molecule has 1 aliphatic heterocycles. The predicted molar refractivity (Wildman–Crippen MR) is 213 cm³/mol. The van der Waals surface area contributed by atoms with Gasteiger partial charge in [0.2, 0.25) is 6.33 Å². The smallest absolute Gasteiger partial charge is 0.242 e.